The van der Waals surface area contributed by atoms with Gasteiger partial charge in [0.1, 0.15) is 0 Å². The zero-order valence-electron chi connectivity index (χ0n) is 18.9. The maximum Gasteiger partial charge on any atom is -1.00 e. The summed E-state index contributed by atoms with van der Waals surface area (Å²) in [5.41, 5.74) is 6.46. The van der Waals surface area contributed by atoms with Gasteiger partial charge in [0.25, 0.3) is 0 Å². The monoisotopic (exact) mass is 474 g/mol. The Bertz CT molecular complexity index is 986. The molecule has 158 valence electrons. The third-order valence-electron chi connectivity index (χ3n) is 5.99. The first-order valence-electron chi connectivity index (χ1n) is 10.5. The van der Waals surface area contributed by atoms with Gasteiger partial charge in [-0.2, -0.15) is 0 Å². The van der Waals surface area contributed by atoms with Gasteiger partial charge in [-0.25, -0.2) is 0 Å². The van der Waals surface area contributed by atoms with E-state index in [-0.39, 0.29) is 35.6 Å². The Morgan fingerprint density at radius 1 is 0.767 bits per heavy atom. The van der Waals surface area contributed by atoms with E-state index in [2.05, 4.69) is 108 Å². The van der Waals surface area contributed by atoms with E-state index in [1.165, 1.54) is 16.7 Å². The van der Waals surface area contributed by atoms with E-state index in [1.807, 2.05) is 3.81 Å². The van der Waals surface area contributed by atoms with Crippen molar-refractivity contribution in [1.82, 2.24) is 0 Å². The van der Waals surface area contributed by atoms with Crippen LogP contribution < -0.4 is 28.7 Å². The van der Waals surface area contributed by atoms with E-state index in [0.29, 0.717) is 4.22 Å². The summed E-state index contributed by atoms with van der Waals surface area (Å²) >= 11 is -1.81. The molecule has 0 unspecified atom stereocenters. The number of hydrogen-bond acceptors (Lipinski definition) is 0. The van der Waals surface area contributed by atoms with Crippen molar-refractivity contribution in [3.8, 4) is 11.1 Å². The van der Waals surface area contributed by atoms with Gasteiger partial charge in [-0.15, -0.1) is 0 Å². The van der Waals surface area contributed by atoms with Gasteiger partial charge in [0.2, 0.25) is 0 Å². The molecular formula is C27H32Cl2Ti. The molecule has 0 N–H and O–H groups in total. The first-order valence-corrected chi connectivity index (χ1v) is 12.9. The zero-order chi connectivity index (χ0) is 20.1. The fourth-order valence-corrected chi connectivity index (χ4v) is 11.7. The zero-order valence-corrected chi connectivity index (χ0v) is 22.0. The Hall–Kier alpha value is -0.916. The summed E-state index contributed by atoms with van der Waals surface area (Å²) in [5.74, 6) is 0. The van der Waals surface area contributed by atoms with Gasteiger partial charge in [0, 0.05) is 0 Å². The average Bonchev–Trinajstić information content (AvgIpc) is 3.24. The molecule has 0 nitrogen and oxygen atoms in total. The molecule has 0 heterocycles. The van der Waals surface area contributed by atoms with E-state index in [0.717, 1.165) is 6.42 Å². The Morgan fingerprint density at radius 3 is 1.93 bits per heavy atom. The smallest absolute Gasteiger partial charge is 1.00 e. The molecule has 2 aliphatic carbocycles. The van der Waals surface area contributed by atoms with Gasteiger partial charge in [-0.1, -0.05) is 0 Å². The van der Waals surface area contributed by atoms with Gasteiger partial charge in [-0.3, -0.25) is 0 Å². The summed E-state index contributed by atoms with van der Waals surface area (Å²) in [5, 5.41) is 0. The molecule has 0 bridgehead atoms. The van der Waals surface area contributed by atoms with Crippen molar-refractivity contribution in [2.45, 2.75) is 52.2 Å². The third-order valence-corrected chi connectivity index (χ3v) is 12.5. The summed E-state index contributed by atoms with van der Waals surface area (Å²) in [6.07, 6.45) is 10.6. The van der Waals surface area contributed by atoms with Crippen LogP contribution in [0.5, 0.6) is 0 Å². The quantitative estimate of drug-likeness (QED) is 0.479. The molecule has 0 saturated carbocycles. The first kappa shape index (κ1) is 25.3. The van der Waals surface area contributed by atoms with Crippen molar-refractivity contribution >= 4 is 7.68 Å². The van der Waals surface area contributed by atoms with E-state index < -0.39 is 17.4 Å². The molecule has 2 aromatic rings. The van der Waals surface area contributed by atoms with Crippen molar-refractivity contribution in [2.24, 2.45) is 10.8 Å². The predicted octanol–water partition coefficient (Wildman–Crippen LogP) is 0.688. The molecule has 0 aliphatic heterocycles. The van der Waals surface area contributed by atoms with Crippen molar-refractivity contribution in [1.29, 1.82) is 0 Å². The molecule has 30 heavy (non-hydrogen) atoms. The van der Waals surface area contributed by atoms with Crippen LogP contribution in [0.2, 0.25) is 4.22 Å². The molecule has 0 atom stereocenters. The van der Waals surface area contributed by atoms with Crippen LogP contribution in [0.15, 0.2) is 66.8 Å². The third kappa shape index (κ3) is 4.63. The Balaban J connectivity index is 0.00000160. The standard InChI is InChI=1S/C13H9.C9H18.C5H5.2ClH.Ti/c1-3-7-12-10(5-1)9-11-6-2-4-8-13(11)12;1-8(2,3)7-9(4,5)6;1-2-4-5-3-1;;;/h1-5,7-8H,9H2;1-6H3;1-5H;2*1H;/q;;;;;+2/p-2. The van der Waals surface area contributed by atoms with Crippen LogP contribution in [-0.4, -0.2) is 3.81 Å². The molecule has 3 heteroatoms. The fourth-order valence-electron chi connectivity index (χ4n) is 5.45. The van der Waals surface area contributed by atoms with Gasteiger partial charge in [0.15, 0.2) is 0 Å². The van der Waals surface area contributed by atoms with Crippen molar-refractivity contribution in [2.75, 3.05) is 0 Å². The van der Waals surface area contributed by atoms with Crippen LogP contribution in [0, 0.1) is 10.8 Å². The molecule has 0 saturated heterocycles. The SMILES string of the molecule is CC(C)(C)[C](=[Ti+2]([c]1cccc2c1Cc1ccccc1-2)[CH]1C=CC=C1)C(C)(C)C.[Cl-].[Cl-]. The largest absolute Gasteiger partial charge is 1.00 e. The second-order valence-corrected chi connectivity index (χ2v) is 14.2. The number of allylic oxidation sites excluding steroid dienone is 4. The number of rotatable bonds is 2. The van der Waals surface area contributed by atoms with Crippen LogP contribution in [0.4, 0.5) is 0 Å². The Morgan fingerprint density at radius 2 is 1.33 bits per heavy atom. The minimum Gasteiger partial charge on any atom is -1.00 e. The molecule has 0 fully saturated rings. The van der Waals surface area contributed by atoms with Crippen molar-refractivity contribution in [3.63, 3.8) is 0 Å². The molecule has 4 rings (SSSR count). The van der Waals surface area contributed by atoms with Gasteiger partial charge in [-0.05, 0) is 0 Å². The summed E-state index contributed by atoms with van der Waals surface area (Å²) in [6.45, 7) is 14.6. The molecule has 2 aliphatic rings. The van der Waals surface area contributed by atoms with E-state index >= 15 is 0 Å². The summed E-state index contributed by atoms with van der Waals surface area (Å²) < 4.78 is 4.10. The Kier molecular flexibility index (Phi) is 7.85. The summed E-state index contributed by atoms with van der Waals surface area (Å²) in [4.78, 5) is 0. The summed E-state index contributed by atoms with van der Waals surface area (Å²) in [7, 11) is 0. The molecule has 0 spiro atoms. The van der Waals surface area contributed by atoms with Crippen LogP contribution >= 0.6 is 0 Å². The number of fused-ring (bicyclic) bond motifs is 3. The summed E-state index contributed by atoms with van der Waals surface area (Å²) in [6, 6.07) is 16.1. The fraction of sp³-hybridized carbons (Fsp3) is 0.370. The Labute approximate surface area is 201 Å². The van der Waals surface area contributed by atoms with Crippen LogP contribution in [0.1, 0.15) is 52.7 Å². The normalized spacial score (nSPS) is 14.3. The van der Waals surface area contributed by atoms with Crippen LogP contribution in [0.25, 0.3) is 11.1 Å². The van der Waals surface area contributed by atoms with Gasteiger partial charge >= 0.3 is 177 Å². The number of benzene rings is 2. The van der Waals surface area contributed by atoms with Crippen molar-refractivity contribution in [3.05, 3.63) is 77.9 Å². The van der Waals surface area contributed by atoms with Gasteiger partial charge in [0.05, 0.1) is 0 Å². The van der Waals surface area contributed by atoms with Crippen LogP contribution in [0.3, 0.4) is 0 Å². The molecule has 0 aromatic heterocycles. The first-order chi connectivity index (χ1) is 13.2. The molecule has 0 radical (unpaired) electrons. The van der Waals surface area contributed by atoms with E-state index in [4.69, 9.17) is 0 Å². The second kappa shape index (κ2) is 9.29. The minimum atomic E-state index is -1.81. The minimum absolute atomic E-state index is 0. The van der Waals surface area contributed by atoms with E-state index in [9.17, 15) is 0 Å². The maximum absolute atomic E-state index is 2.47. The average molecular weight is 475 g/mol. The predicted molar refractivity (Wildman–Crippen MR) is 120 cm³/mol. The topological polar surface area (TPSA) is 0 Å². The molecular weight excluding hydrogens is 443 g/mol. The van der Waals surface area contributed by atoms with Crippen molar-refractivity contribution < 1.29 is 42.2 Å². The molecule has 0 amide bonds. The van der Waals surface area contributed by atoms with Crippen LogP contribution in [-0.2, 0) is 23.8 Å². The second-order valence-electron chi connectivity index (χ2n) is 10.2. The number of hydrogen-bond donors (Lipinski definition) is 0. The van der Waals surface area contributed by atoms with E-state index in [1.54, 1.807) is 9.43 Å². The van der Waals surface area contributed by atoms with Gasteiger partial charge < -0.3 is 24.8 Å². The number of halogens is 2. The molecule has 2 aromatic carbocycles. The maximum atomic E-state index is 2.47.